The van der Waals surface area contributed by atoms with E-state index in [0.717, 1.165) is 21.5 Å². The van der Waals surface area contributed by atoms with Gasteiger partial charge < -0.3 is 9.84 Å². The summed E-state index contributed by atoms with van der Waals surface area (Å²) in [7, 11) is 0. The van der Waals surface area contributed by atoms with Crippen molar-refractivity contribution in [1.82, 2.24) is 9.97 Å². The molecule has 17 heavy (non-hydrogen) atoms. The zero-order valence-electron chi connectivity index (χ0n) is 9.10. The van der Waals surface area contributed by atoms with E-state index in [-0.39, 0.29) is 0 Å². The Morgan fingerprint density at radius 3 is 2.94 bits per heavy atom. The standard InChI is InChI=1S/C11H10N4OS/c1-6-7(2-4-16-6)9-13-10(15-12)8-3-5-17-11(8)14-9/h2-5H,12H2,1H3,(H,13,14,15). The van der Waals surface area contributed by atoms with Crippen LogP contribution < -0.4 is 11.3 Å². The maximum Gasteiger partial charge on any atom is 0.166 e. The molecule has 3 rings (SSSR count). The Balaban J connectivity index is 2.27. The van der Waals surface area contributed by atoms with E-state index >= 15 is 0 Å². The first-order chi connectivity index (χ1) is 8.29. The van der Waals surface area contributed by atoms with Gasteiger partial charge >= 0.3 is 0 Å². The summed E-state index contributed by atoms with van der Waals surface area (Å²) in [6, 6.07) is 3.80. The minimum absolute atomic E-state index is 0.624. The number of fused-ring (bicyclic) bond motifs is 1. The summed E-state index contributed by atoms with van der Waals surface area (Å²) in [5.41, 5.74) is 3.49. The highest BCUT2D eigenvalue weighted by Crippen LogP contribution is 2.29. The zero-order valence-corrected chi connectivity index (χ0v) is 9.91. The van der Waals surface area contributed by atoms with Crippen LogP contribution >= 0.6 is 11.3 Å². The van der Waals surface area contributed by atoms with Gasteiger partial charge in [-0.2, -0.15) is 0 Å². The number of hydrogen-bond acceptors (Lipinski definition) is 6. The molecule has 0 aliphatic heterocycles. The molecule has 0 aliphatic carbocycles. The van der Waals surface area contributed by atoms with Crippen molar-refractivity contribution in [2.45, 2.75) is 6.92 Å². The molecule has 5 nitrogen and oxygen atoms in total. The molecule has 0 amide bonds. The Morgan fingerprint density at radius 1 is 1.35 bits per heavy atom. The number of nitrogens with zero attached hydrogens (tertiary/aromatic N) is 2. The Kier molecular flexibility index (Phi) is 2.31. The number of aryl methyl sites for hydroxylation is 1. The normalized spacial score (nSPS) is 10.9. The van der Waals surface area contributed by atoms with E-state index in [1.165, 1.54) is 0 Å². The third kappa shape index (κ3) is 1.58. The number of thiophene rings is 1. The molecule has 3 heterocycles. The van der Waals surface area contributed by atoms with Crippen molar-refractivity contribution in [3.05, 3.63) is 29.5 Å². The number of nitrogens with one attached hydrogen (secondary N) is 1. The number of anilines is 1. The predicted molar refractivity (Wildman–Crippen MR) is 67.7 cm³/mol. The highest BCUT2D eigenvalue weighted by atomic mass is 32.1. The zero-order chi connectivity index (χ0) is 11.8. The summed E-state index contributed by atoms with van der Waals surface area (Å²) in [5, 5.41) is 2.90. The molecule has 3 aromatic heterocycles. The molecule has 0 saturated carbocycles. The van der Waals surface area contributed by atoms with Crippen LogP contribution in [-0.4, -0.2) is 9.97 Å². The Hall–Kier alpha value is -1.92. The summed E-state index contributed by atoms with van der Waals surface area (Å²) in [6.45, 7) is 1.88. The predicted octanol–water partition coefficient (Wildman–Crippen LogP) is 2.55. The van der Waals surface area contributed by atoms with Gasteiger partial charge in [0.05, 0.1) is 17.2 Å². The van der Waals surface area contributed by atoms with Gasteiger partial charge in [-0.25, -0.2) is 15.8 Å². The molecule has 0 spiro atoms. The average Bonchev–Trinajstić information content (AvgIpc) is 2.95. The average molecular weight is 246 g/mol. The van der Waals surface area contributed by atoms with E-state index in [1.807, 2.05) is 24.4 Å². The van der Waals surface area contributed by atoms with E-state index in [9.17, 15) is 0 Å². The van der Waals surface area contributed by atoms with E-state index in [4.69, 9.17) is 10.3 Å². The third-order valence-corrected chi connectivity index (χ3v) is 3.37. The first kappa shape index (κ1) is 10.2. The summed E-state index contributed by atoms with van der Waals surface area (Å²) < 4.78 is 5.26. The fourth-order valence-corrected chi connectivity index (χ4v) is 2.47. The van der Waals surface area contributed by atoms with Gasteiger partial charge in [-0.3, -0.25) is 0 Å². The SMILES string of the molecule is Cc1occc1-c1nc(NN)c2ccsc2n1. The fourth-order valence-electron chi connectivity index (χ4n) is 1.70. The van der Waals surface area contributed by atoms with Crippen molar-refractivity contribution >= 4 is 27.4 Å². The number of hydrazine groups is 1. The van der Waals surface area contributed by atoms with Crippen molar-refractivity contribution < 1.29 is 4.42 Å². The monoisotopic (exact) mass is 246 g/mol. The van der Waals surface area contributed by atoms with E-state index in [2.05, 4.69) is 15.4 Å². The van der Waals surface area contributed by atoms with Crippen LogP contribution in [0.15, 0.2) is 28.2 Å². The van der Waals surface area contributed by atoms with Crippen molar-refractivity contribution in [1.29, 1.82) is 0 Å². The molecule has 0 radical (unpaired) electrons. The van der Waals surface area contributed by atoms with Gasteiger partial charge in [0.25, 0.3) is 0 Å². The lowest BCUT2D eigenvalue weighted by Gasteiger charge is -2.04. The van der Waals surface area contributed by atoms with Gasteiger partial charge in [-0.05, 0) is 24.4 Å². The molecule has 0 saturated heterocycles. The second kappa shape index (κ2) is 3.83. The number of furan rings is 1. The number of hydrogen-bond donors (Lipinski definition) is 2. The van der Waals surface area contributed by atoms with Crippen molar-refractivity contribution in [2.75, 3.05) is 5.43 Å². The summed E-state index contributed by atoms with van der Waals surface area (Å²) in [6.07, 6.45) is 1.63. The van der Waals surface area contributed by atoms with Crippen molar-refractivity contribution in [3.63, 3.8) is 0 Å². The highest BCUT2D eigenvalue weighted by Gasteiger charge is 2.12. The lowest BCUT2D eigenvalue weighted by atomic mass is 10.2. The minimum atomic E-state index is 0.624. The molecule has 86 valence electrons. The maximum absolute atomic E-state index is 5.48. The van der Waals surface area contributed by atoms with Gasteiger partial charge in [0.1, 0.15) is 10.6 Å². The van der Waals surface area contributed by atoms with E-state index in [1.54, 1.807) is 17.6 Å². The Labute approximate surface area is 101 Å². The van der Waals surface area contributed by atoms with E-state index < -0.39 is 0 Å². The van der Waals surface area contributed by atoms with Crippen LogP contribution in [-0.2, 0) is 0 Å². The molecular weight excluding hydrogens is 236 g/mol. The summed E-state index contributed by atoms with van der Waals surface area (Å²) in [5.74, 6) is 7.53. The quantitative estimate of drug-likeness (QED) is 0.536. The number of nitrogens with two attached hydrogens (primary N) is 1. The molecule has 3 N–H and O–H groups in total. The van der Waals surface area contributed by atoms with Crippen LogP contribution in [0.2, 0.25) is 0 Å². The van der Waals surface area contributed by atoms with Crippen molar-refractivity contribution in [2.24, 2.45) is 5.84 Å². The van der Waals surface area contributed by atoms with E-state index in [0.29, 0.717) is 11.6 Å². The highest BCUT2D eigenvalue weighted by molar-refractivity contribution is 7.16. The van der Waals surface area contributed by atoms with Crippen LogP contribution in [0.5, 0.6) is 0 Å². The molecule has 0 aromatic carbocycles. The summed E-state index contributed by atoms with van der Waals surface area (Å²) >= 11 is 1.56. The number of aromatic nitrogens is 2. The smallest absolute Gasteiger partial charge is 0.166 e. The van der Waals surface area contributed by atoms with Gasteiger partial charge in [0.15, 0.2) is 11.6 Å². The second-order valence-electron chi connectivity index (χ2n) is 3.57. The van der Waals surface area contributed by atoms with Crippen LogP contribution in [0.1, 0.15) is 5.76 Å². The molecule has 6 heteroatoms. The van der Waals surface area contributed by atoms with Crippen LogP contribution in [0.3, 0.4) is 0 Å². The number of rotatable bonds is 2. The molecule has 0 atom stereocenters. The molecular formula is C11H10N4OS. The van der Waals surface area contributed by atoms with Gasteiger partial charge in [-0.15, -0.1) is 11.3 Å². The second-order valence-corrected chi connectivity index (χ2v) is 4.46. The molecule has 0 unspecified atom stereocenters. The minimum Gasteiger partial charge on any atom is -0.469 e. The van der Waals surface area contributed by atoms with Crippen molar-refractivity contribution in [3.8, 4) is 11.4 Å². The van der Waals surface area contributed by atoms with Crippen LogP contribution in [0.4, 0.5) is 5.82 Å². The third-order valence-electron chi connectivity index (χ3n) is 2.56. The Morgan fingerprint density at radius 2 is 2.24 bits per heavy atom. The van der Waals surface area contributed by atoms with Crippen LogP contribution in [0.25, 0.3) is 21.6 Å². The van der Waals surface area contributed by atoms with Gasteiger partial charge in [0, 0.05) is 0 Å². The molecule has 0 fully saturated rings. The lowest BCUT2D eigenvalue weighted by molar-refractivity contribution is 0.535. The molecule has 0 aliphatic rings. The number of nitrogen functional groups attached to an aromatic ring is 1. The fraction of sp³-hybridized carbons (Fsp3) is 0.0909. The first-order valence-corrected chi connectivity index (χ1v) is 5.94. The van der Waals surface area contributed by atoms with Gasteiger partial charge in [0.2, 0.25) is 0 Å². The lowest BCUT2D eigenvalue weighted by Crippen LogP contribution is -2.09. The van der Waals surface area contributed by atoms with Gasteiger partial charge in [-0.1, -0.05) is 0 Å². The maximum atomic E-state index is 5.48. The molecule has 0 bridgehead atoms. The molecule has 3 aromatic rings. The van der Waals surface area contributed by atoms with Crippen LogP contribution in [0, 0.1) is 6.92 Å². The first-order valence-electron chi connectivity index (χ1n) is 5.06. The summed E-state index contributed by atoms with van der Waals surface area (Å²) in [4.78, 5) is 9.80. The Bertz CT molecular complexity index is 673. The largest absolute Gasteiger partial charge is 0.469 e. The topological polar surface area (TPSA) is 77.0 Å².